The molecule has 1 N–H and O–H groups in total. The number of para-hydroxylation sites is 1. The lowest BCUT2D eigenvalue weighted by molar-refractivity contribution is 0.0772. The first-order valence-electron chi connectivity index (χ1n) is 8.12. The number of nitrogens with one attached hydrogen (secondary N) is 1. The number of aromatic nitrogens is 1. The molecule has 2 aliphatic rings. The standard InChI is InChI=1S/C18H24N2/c1-3-10-18-13(2)8-11-20(18)12-9-15-14-6-4-5-7-16(14)19-17(15)18/h4-7,13,19H,3,8-12H2,1-2H3/t13-,18+/m1/s1. The van der Waals surface area contributed by atoms with Crippen molar-refractivity contribution in [1.82, 2.24) is 9.88 Å². The van der Waals surface area contributed by atoms with Crippen molar-refractivity contribution >= 4 is 10.9 Å². The van der Waals surface area contributed by atoms with Crippen LogP contribution in [0.15, 0.2) is 24.3 Å². The summed E-state index contributed by atoms with van der Waals surface area (Å²) in [5.41, 5.74) is 4.74. The van der Waals surface area contributed by atoms with E-state index in [4.69, 9.17) is 0 Å². The van der Waals surface area contributed by atoms with Gasteiger partial charge in [0.05, 0.1) is 5.54 Å². The van der Waals surface area contributed by atoms with Crippen molar-refractivity contribution in [1.29, 1.82) is 0 Å². The summed E-state index contributed by atoms with van der Waals surface area (Å²) in [6, 6.07) is 8.84. The van der Waals surface area contributed by atoms with Crippen molar-refractivity contribution < 1.29 is 0 Å². The van der Waals surface area contributed by atoms with Crippen molar-refractivity contribution in [3.63, 3.8) is 0 Å². The lowest BCUT2D eigenvalue weighted by Gasteiger charge is -2.45. The second kappa shape index (κ2) is 4.36. The Morgan fingerprint density at radius 1 is 1.30 bits per heavy atom. The third-order valence-electron chi connectivity index (χ3n) is 5.72. The second-order valence-electron chi connectivity index (χ2n) is 6.63. The highest BCUT2D eigenvalue weighted by Crippen LogP contribution is 2.50. The molecule has 2 aliphatic heterocycles. The number of hydrogen-bond donors (Lipinski definition) is 1. The Hall–Kier alpha value is -1.28. The SMILES string of the molecule is CCC[C@]12c3[nH]c4ccccc4c3CCN1CC[C@H]2C. The third-order valence-corrected chi connectivity index (χ3v) is 5.72. The molecule has 3 heterocycles. The Bertz CT molecular complexity index is 642. The van der Waals surface area contributed by atoms with Gasteiger partial charge in [0, 0.05) is 23.1 Å². The van der Waals surface area contributed by atoms with Crippen LogP contribution in [0, 0.1) is 5.92 Å². The molecule has 1 aromatic carbocycles. The van der Waals surface area contributed by atoms with E-state index >= 15 is 0 Å². The molecular formula is C18H24N2. The van der Waals surface area contributed by atoms with Crippen LogP contribution >= 0.6 is 0 Å². The zero-order valence-electron chi connectivity index (χ0n) is 12.6. The fraction of sp³-hybridized carbons (Fsp3) is 0.556. The van der Waals surface area contributed by atoms with Crippen molar-refractivity contribution in [3.8, 4) is 0 Å². The molecule has 2 aromatic rings. The molecule has 4 rings (SSSR count). The van der Waals surface area contributed by atoms with Crippen molar-refractivity contribution in [2.45, 2.75) is 45.1 Å². The molecule has 106 valence electrons. The number of fused-ring (bicyclic) bond motifs is 5. The van der Waals surface area contributed by atoms with Gasteiger partial charge in [-0.1, -0.05) is 38.5 Å². The summed E-state index contributed by atoms with van der Waals surface area (Å²) in [5, 5.41) is 1.46. The fourth-order valence-corrected chi connectivity index (χ4v) is 4.80. The maximum absolute atomic E-state index is 3.80. The molecule has 0 radical (unpaired) electrons. The van der Waals surface area contributed by atoms with Crippen LogP contribution in [0.5, 0.6) is 0 Å². The van der Waals surface area contributed by atoms with Crippen molar-refractivity contribution in [2.75, 3.05) is 13.1 Å². The first-order valence-corrected chi connectivity index (χ1v) is 8.12. The van der Waals surface area contributed by atoms with Crippen LogP contribution in [0.1, 0.15) is 44.4 Å². The summed E-state index contributed by atoms with van der Waals surface area (Å²) >= 11 is 0. The lowest BCUT2D eigenvalue weighted by Crippen LogP contribution is -2.49. The molecule has 0 bridgehead atoms. The third kappa shape index (κ3) is 1.43. The maximum atomic E-state index is 3.80. The highest BCUT2D eigenvalue weighted by molar-refractivity contribution is 5.85. The van der Waals surface area contributed by atoms with Gasteiger partial charge in [-0.05, 0) is 43.4 Å². The Labute approximate surface area is 121 Å². The summed E-state index contributed by atoms with van der Waals surface area (Å²) in [6.45, 7) is 7.29. The Balaban J connectivity index is 1.98. The summed E-state index contributed by atoms with van der Waals surface area (Å²) in [4.78, 5) is 6.56. The molecular weight excluding hydrogens is 244 g/mol. The molecule has 0 unspecified atom stereocenters. The monoisotopic (exact) mass is 268 g/mol. The van der Waals surface area contributed by atoms with Gasteiger partial charge in [-0.2, -0.15) is 0 Å². The number of rotatable bonds is 2. The lowest BCUT2D eigenvalue weighted by atomic mass is 9.75. The van der Waals surface area contributed by atoms with Crippen LogP contribution in [0.25, 0.3) is 10.9 Å². The van der Waals surface area contributed by atoms with E-state index in [1.54, 1.807) is 5.56 Å². The Morgan fingerprint density at radius 2 is 2.15 bits per heavy atom. The van der Waals surface area contributed by atoms with E-state index in [2.05, 4.69) is 48.0 Å². The van der Waals surface area contributed by atoms with Gasteiger partial charge < -0.3 is 4.98 Å². The highest BCUT2D eigenvalue weighted by atomic mass is 15.2. The predicted molar refractivity (Wildman–Crippen MR) is 83.9 cm³/mol. The van der Waals surface area contributed by atoms with Crippen LogP contribution in [0.3, 0.4) is 0 Å². The molecule has 0 spiro atoms. The molecule has 1 fully saturated rings. The summed E-state index contributed by atoms with van der Waals surface area (Å²) < 4.78 is 0. The van der Waals surface area contributed by atoms with Crippen LogP contribution < -0.4 is 0 Å². The van der Waals surface area contributed by atoms with E-state index in [9.17, 15) is 0 Å². The summed E-state index contributed by atoms with van der Waals surface area (Å²) in [6.07, 6.45) is 5.09. The van der Waals surface area contributed by atoms with Crippen molar-refractivity contribution in [3.05, 3.63) is 35.5 Å². The van der Waals surface area contributed by atoms with E-state index in [-0.39, 0.29) is 5.54 Å². The van der Waals surface area contributed by atoms with E-state index in [0.29, 0.717) is 0 Å². The smallest absolute Gasteiger partial charge is 0.0640 e. The van der Waals surface area contributed by atoms with E-state index in [1.165, 1.54) is 55.4 Å². The maximum Gasteiger partial charge on any atom is 0.0640 e. The zero-order valence-corrected chi connectivity index (χ0v) is 12.6. The fourth-order valence-electron chi connectivity index (χ4n) is 4.80. The predicted octanol–water partition coefficient (Wildman–Crippen LogP) is 4.06. The highest BCUT2D eigenvalue weighted by Gasteiger charge is 2.50. The van der Waals surface area contributed by atoms with Gasteiger partial charge in [-0.3, -0.25) is 4.90 Å². The first kappa shape index (κ1) is 12.5. The Morgan fingerprint density at radius 3 is 3.00 bits per heavy atom. The van der Waals surface area contributed by atoms with E-state index in [0.717, 1.165) is 5.92 Å². The minimum atomic E-state index is 0.279. The van der Waals surface area contributed by atoms with Gasteiger partial charge in [-0.15, -0.1) is 0 Å². The molecule has 1 aromatic heterocycles. The van der Waals surface area contributed by atoms with Crippen LogP contribution in [-0.4, -0.2) is 23.0 Å². The molecule has 20 heavy (non-hydrogen) atoms. The number of hydrogen-bond acceptors (Lipinski definition) is 1. The Kier molecular flexibility index (Phi) is 2.71. The van der Waals surface area contributed by atoms with Crippen LogP contribution in [0.2, 0.25) is 0 Å². The number of nitrogens with zero attached hydrogens (tertiary/aromatic N) is 1. The van der Waals surface area contributed by atoms with Crippen molar-refractivity contribution in [2.24, 2.45) is 5.92 Å². The minimum absolute atomic E-state index is 0.279. The molecule has 0 saturated carbocycles. The van der Waals surface area contributed by atoms with Gasteiger partial charge in [-0.25, -0.2) is 0 Å². The largest absolute Gasteiger partial charge is 0.357 e. The van der Waals surface area contributed by atoms with E-state index in [1.807, 2.05) is 0 Å². The molecule has 2 atom stereocenters. The topological polar surface area (TPSA) is 19.0 Å². The van der Waals surface area contributed by atoms with Gasteiger partial charge in [0.1, 0.15) is 0 Å². The van der Waals surface area contributed by atoms with Gasteiger partial charge in [0.25, 0.3) is 0 Å². The number of aromatic amines is 1. The van der Waals surface area contributed by atoms with Crippen LogP contribution in [-0.2, 0) is 12.0 Å². The second-order valence-corrected chi connectivity index (χ2v) is 6.63. The summed E-state index contributed by atoms with van der Waals surface area (Å²) in [7, 11) is 0. The van der Waals surface area contributed by atoms with E-state index < -0.39 is 0 Å². The normalized spacial score (nSPS) is 29.6. The average Bonchev–Trinajstić information content (AvgIpc) is 2.99. The molecule has 1 saturated heterocycles. The minimum Gasteiger partial charge on any atom is -0.357 e. The number of benzene rings is 1. The molecule has 2 heteroatoms. The molecule has 0 amide bonds. The molecule has 0 aliphatic carbocycles. The molecule has 2 nitrogen and oxygen atoms in total. The first-order chi connectivity index (χ1) is 9.77. The quantitative estimate of drug-likeness (QED) is 0.870. The van der Waals surface area contributed by atoms with Gasteiger partial charge in [0.2, 0.25) is 0 Å². The number of H-pyrrole nitrogens is 1. The van der Waals surface area contributed by atoms with Gasteiger partial charge in [0.15, 0.2) is 0 Å². The zero-order chi connectivity index (χ0) is 13.7. The van der Waals surface area contributed by atoms with Crippen LogP contribution in [0.4, 0.5) is 0 Å². The summed E-state index contributed by atoms with van der Waals surface area (Å²) in [5.74, 6) is 0.759. The van der Waals surface area contributed by atoms with Gasteiger partial charge >= 0.3 is 0 Å². The average molecular weight is 268 g/mol.